The smallest absolute Gasteiger partial charge is 0.345 e. The van der Waals surface area contributed by atoms with Gasteiger partial charge in [-0.15, -0.1) is 0 Å². The van der Waals surface area contributed by atoms with Crippen LogP contribution in [0.4, 0.5) is 4.39 Å². The summed E-state index contributed by atoms with van der Waals surface area (Å²) in [6, 6.07) is 13.5. The van der Waals surface area contributed by atoms with Crippen LogP contribution < -0.4 is 9.47 Å². The van der Waals surface area contributed by atoms with Crippen LogP contribution in [0.15, 0.2) is 65.5 Å². The highest BCUT2D eigenvalue weighted by Crippen LogP contribution is 2.37. The number of carboxylic acids is 1. The van der Waals surface area contributed by atoms with Gasteiger partial charge in [-0.3, -0.25) is 0 Å². The molecule has 9 heteroatoms. The van der Waals surface area contributed by atoms with E-state index in [4.69, 9.17) is 9.47 Å². The van der Waals surface area contributed by atoms with Crippen LogP contribution in [0, 0.1) is 11.7 Å². The molecule has 1 N–H and O–H groups in total. The largest absolute Gasteiger partial charge is 0.493 e. The van der Waals surface area contributed by atoms with Gasteiger partial charge >= 0.3 is 5.97 Å². The van der Waals surface area contributed by atoms with Crippen molar-refractivity contribution < 1.29 is 23.8 Å². The molecule has 4 aromatic rings. The molecule has 1 saturated carbocycles. The van der Waals surface area contributed by atoms with Crippen LogP contribution in [0.25, 0.3) is 16.6 Å². The van der Waals surface area contributed by atoms with E-state index in [1.54, 1.807) is 22.8 Å². The van der Waals surface area contributed by atoms with Crippen LogP contribution in [0.3, 0.4) is 0 Å². The van der Waals surface area contributed by atoms with Crippen LogP contribution in [0.1, 0.15) is 18.4 Å². The van der Waals surface area contributed by atoms with Crippen molar-refractivity contribution in [3.05, 3.63) is 76.9 Å². The Morgan fingerprint density at radius 3 is 2.71 bits per heavy atom. The van der Waals surface area contributed by atoms with Gasteiger partial charge in [0.25, 0.3) is 0 Å². The van der Waals surface area contributed by atoms with Crippen LogP contribution in [-0.2, 0) is 11.2 Å². The Kier molecular flexibility index (Phi) is 6.19. The van der Waals surface area contributed by atoms with Gasteiger partial charge < -0.3 is 14.6 Å². The van der Waals surface area contributed by atoms with Crippen molar-refractivity contribution in [1.29, 1.82) is 0 Å². The Morgan fingerprint density at radius 2 is 1.97 bits per heavy atom. The fourth-order valence-corrected chi connectivity index (χ4v) is 4.37. The Bertz CT molecular complexity index is 1340. The zero-order valence-electron chi connectivity index (χ0n) is 18.0. The van der Waals surface area contributed by atoms with Gasteiger partial charge in [0, 0.05) is 18.2 Å². The fraction of sp³-hybridized carbons (Fsp3) is 0.240. The molecule has 0 saturated heterocycles. The maximum Gasteiger partial charge on any atom is 0.345 e. The molecular weight excluding hydrogens is 505 g/mol. The van der Waals surface area contributed by atoms with Gasteiger partial charge in [0.05, 0.1) is 11.1 Å². The van der Waals surface area contributed by atoms with Gasteiger partial charge in [-0.2, -0.15) is 10.1 Å². The predicted octanol–water partition coefficient (Wildman–Crippen LogP) is 5.16. The first-order valence-corrected chi connectivity index (χ1v) is 11.7. The van der Waals surface area contributed by atoms with E-state index in [1.807, 2.05) is 24.3 Å². The van der Waals surface area contributed by atoms with E-state index >= 15 is 0 Å². The lowest BCUT2D eigenvalue weighted by atomic mass is 10.1. The van der Waals surface area contributed by atoms with Crippen molar-refractivity contribution in [2.75, 3.05) is 6.61 Å². The number of ether oxygens (including phenoxy) is 2. The average molecular weight is 526 g/mol. The quantitative estimate of drug-likeness (QED) is 0.324. The number of hydrogen-bond donors (Lipinski definition) is 1. The van der Waals surface area contributed by atoms with Crippen molar-refractivity contribution in [2.24, 2.45) is 5.92 Å². The number of para-hydroxylation sites is 1. The van der Waals surface area contributed by atoms with Crippen LogP contribution in [0.5, 0.6) is 11.6 Å². The number of nitrogens with zero attached hydrogens (tertiary/aromatic N) is 3. The Morgan fingerprint density at radius 1 is 1.21 bits per heavy atom. The zero-order valence-corrected chi connectivity index (χ0v) is 19.6. The molecule has 0 radical (unpaired) electrons. The van der Waals surface area contributed by atoms with Crippen molar-refractivity contribution in [3.8, 4) is 22.8 Å². The molecule has 34 heavy (non-hydrogen) atoms. The SMILES string of the molecule is O=C(O)C(Cc1ccccc1OCC1CC1)Oc1ncnn2cc(-c3ccc(F)cc3)c(Br)c12. The number of hydrogen-bond acceptors (Lipinski definition) is 5. The maximum atomic E-state index is 13.4. The molecule has 1 atom stereocenters. The van der Waals surface area contributed by atoms with Crippen molar-refractivity contribution in [1.82, 2.24) is 14.6 Å². The fourth-order valence-electron chi connectivity index (χ4n) is 3.69. The Hall–Kier alpha value is -3.46. The van der Waals surface area contributed by atoms with Crippen LogP contribution in [-0.4, -0.2) is 38.4 Å². The van der Waals surface area contributed by atoms with Gasteiger partial charge in [-0.05, 0) is 64.0 Å². The van der Waals surface area contributed by atoms with Gasteiger partial charge in [0.2, 0.25) is 12.0 Å². The predicted molar refractivity (Wildman–Crippen MR) is 126 cm³/mol. The molecule has 5 rings (SSSR count). The first-order valence-electron chi connectivity index (χ1n) is 10.9. The summed E-state index contributed by atoms with van der Waals surface area (Å²) >= 11 is 3.56. The van der Waals surface area contributed by atoms with Gasteiger partial charge in [-0.25, -0.2) is 13.7 Å². The highest BCUT2D eigenvalue weighted by molar-refractivity contribution is 9.10. The number of benzene rings is 2. The molecule has 0 bridgehead atoms. The van der Waals surface area contributed by atoms with Gasteiger partial charge in [0.15, 0.2) is 0 Å². The van der Waals surface area contributed by atoms with E-state index in [0.717, 1.165) is 16.7 Å². The second-order valence-electron chi connectivity index (χ2n) is 8.23. The summed E-state index contributed by atoms with van der Waals surface area (Å²) in [6.45, 7) is 0.630. The summed E-state index contributed by atoms with van der Waals surface area (Å²) in [7, 11) is 0. The van der Waals surface area contributed by atoms with Gasteiger partial charge in [-0.1, -0.05) is 30.3 Å². The molecule has 1 aliphatic carbocycles. The van der Waals surface area contributed by atoms with E-state index in [1.165, 1.54) is 31.3 Å². The zero-order chi connectivity index (χ0) is 23.7. The highest BCUT2D eigenvalue weighted by atomic mass is 79.9. The number of carbonyl (C=O) groups is 1. The van der Waals surface area contributed by atoms with E-state index in [0.29, 0.717) is 28.3 Å². The third-order valence-corrected chi connectivity index (χ3v) is 6.52. The lowest BCUT2D eigenvalue weighted by molar-refractivity contribution is -0.145. The minimum atomic E-state index is -1.19. The molecular formula is C25H21BrFN3O4. The summed E-state index contributed by atoms with van der Waals surface area (Å²) in [5, 5.41) is 14.1. The Balaban J connectivity index is 1.44. The molecule has 0 spiro atoms. The molecule has 7 nitrogen and oxygen atoms in total. The number of fused-ring (bicyclic) bond motifs is 1. The van der Waals surface area contributed by atoms with Crippen molar-refractivity contribution in [2.45, 2.75) is 25.4 Å². The molecule has 2 heterocycles. The lowest BCUT2D eigenvalue weighted by Crippen LogP contribution is -2.30. The van der Waals surface area contributed by atoms with E-state index < -0.39 is 12.1 Å². The van der Waals surface area contributed by atoms with Crippen molar-refractivity contribution >= 4 is 27.4 Å². The second-order valence-corrected chi connectivity index (χ2v) is 9.03. The first-order chi connectivity index (χ1) is 16.5. The van der Waals surface area contributed by atoms with Crippen LogP contribution >= 0.6 is 15.9 Å². The summed E-state index contributed by atoms with van der Waals surface area (Å²) < 4.78 is 27.4. The minimum Gasteiger partial charge on any atom is -0.493 e. The summed E-state index contributed by atoms with van der Waals surface area (Å²) in [6.07, 6.45) is 4.29. The second kappa shape index (κ2) is 9.42. The normalized spacial score (nSPS) is 14.2. The minimum absolute atomic E-state index is 0.107. The third-order valence-electron chi connectivity index (χ3n) is 5.71. The molecule has 0 amide bonds. The van der Waals surface area contributed by atoms with Gasteiger partial charge in [0.1, 0.15) is 23.4 Å². The first kappa shape index (κ1) is 22.3. The molecule has 2 aromatic heterocycles. The summed E-state index contributed by atoms with van der Waals surface area (Å²) in [5.41, 5.74) is 2.74. The lowest BCUT2D eigenvalue weighted by Gasteiger charge is -2.17. The number of halogens is 2. The average Bonchev–Trinajstić information content (AvgIpc) is 3.60. The monoisotopic (exact) mass is 525 g/mol. The van der Waals surface area contributed by atoms with Crippen LogP contribution in [0.2, 0.25) is 0 Å². The molecule has 2 aromatic carbocycles. The molecule has 0 aliphatic heterocycles. The van der Waals surface area contributed by atoms with E-state index in [9.17, 15) is 14.3 Å². The van der Waals surface area contributed by atoms with E-state index in [2.05, 4.69) is 26.0 Å². The summed E-state index contributed by atoms with van der Waals surface area (Å²) in [4.78, 5) is 16.3. The third kappa shape index (κ3) is 4.75. The van der Waals surface area contributed by atoms with Crippen molar-refractivity contribution in [3.63, 3.8) is 0 Å². The number of aliphatic carboxylic acids is 1. The Labute approximate surface area is 203 Å². The molecule has 1 unspecified atom stereocenters. The van der Waals surface area contributed by atoms with E-state index in [-0.39, 0.29) is 18.1 Å². The molecule has 1 fully saturated rings. The highest BCUT2D eigenvalue weighted by Gasteiger charge is 2.26. The number of rotatable bonds is 9. The topological polar surface area (TPSA) is 86.0 Å². The maximum absolute atomic E-state index is 13.4. The molecule has 1 aliphatic rings. The summed E-state index contributed by atoms with van der Waals surface area (Å²) in [5.74, 6) is -0.0807. The molecule has 174 valence electrons. The standard InChI is InChI=1S/C25H21BrFN3O4/c26-22-19(16-7-9-18(27)10-8-16)12-30-23(22)24(28-14-29-30)34-21(25(31)32)11-17-3-1-2-4-20(17)33-13-15-5-6-15/h1-4,7-10,12,14-15,21H,5-6,11,13H2,(H,31,32). The number of aromatic nitrogens is 3. The number of carboxylic acid groups (broad SMARTS) is 1.